The van der Waals surface area contributed by atoms with Crippen LogP contribution in [0.5, 0.6) is 0 Å². The van der Waals surface area contributed by atoms with Crippen molar-refractivity contribution in [3.05, 3.63) is 71.3 Å². The molecule has 0 heterocycles. The summed E-state index contributed by atoms with van der Waals surface area (Å²) < 4.78 is 25.3. The molecule has 2 aromatic rings. The number of hydrogen-bond donors (Lipinski definition) is 1. The number of rotatable bonds is 9. The minimum atomic E-state index is -3.35. The van der Waals surface area contributed by atoms with Crippen LogP contribution in [0.15, 0.2) is 54.6 Å². The molecule has 2 rings (SSSR count). The van der Waals surface area contributed by atoms with Crippen molar-refractivity contribution in [2.75, 3.05) is 19.3 Å². The molecule has 1 amide bonds. The van der Waals surface area contributed by atoms with Crippen LogP contribution in [0.3, 0.4) is 0 Å². The van der Waals surface area contributed by atoms with Crippen molar-refractivity contribution in [2.24, 2.45) is 0 Å². The highest BCUT2D eigenvalue weighted by atomic mass is 32.2. The number of nitrogens with one attached hydrogen (secondary N) is 1. The maximum atomic E-state index is 12.1. The monoisotopic (exact) mass is 374 g/mol. The Morgan fingerprint density at radius 1 is 0.962 bits per heavy atom. The third kappa shape index (κ3) is 6.98. The number of carbonyl (C=O) groups excluding carboxylic acids is 1. The summed E-state index contributed by atoms with van der Waals surface area (Å²) in [5, 5.41) is 2.84. The van der Waals surface area contributed by atoms with Crippen molar-refractivity contribution >= 4 is 15.9 Å². The molecule has 0 fully saturated rings. The van der Waals surface area contributed by atoms with E-state index < -0.39 is 10.0 Å². The van der Waals surface area contributed by atoms with Crippen molar-refractivity contribution in [2.45, 2.75) is 26.3 Å². The second-order valence-corrected chi connectivity index (χ2v) is 8.39. The van der Waals surface area contributed by atoms with Gasteiger partial charge in [-0.05, 0) is 24.5 Å². The Labute approximate surface area is 156 Å². The van der Waals surface area contributed by atoms with Gasteiger partial charge in [0.15, 0.2) is 0 Å². The molecule has 0 aliphatic rings. The number of benzene rings is 2. The summed E-state index contributed by atoms with van der Waals surface area (Å²) in [5.41, 5.74) is 3.26. The van der Waals surface area contributed by atoms with Crippen LogP contribution < -0.4 is 5.32 Å². The van der Waals surface area contributed by atoms with Gasteiger partial charge in [-0.1, -0.05) is 60.2 Å². The van der Waals surface area contributed by atoms with E-state index in [1.807, 2.05) is 61.5 Å². The maximum Gasteiger partial charge on any atom is 0.221 e. The summed E-state index contributed by atoms with van der Waals surface area (Å²) in [6.45, 7) is 3.01. The van der Waals surface area contributed by atoms with Crippen molar-refractivity contribution in [1.82, 2.24) is 9.62 Å². The highest BCUT2D eigenvalue weighted by Crippen LogP contribution is 2.06. The molecule has 1 N–H and O–H groups in total. The topological polar surface area (TPSA) is 66.5 Å². The quantitative estimate of drug-likeness (QED) is 0.733. The Balaban J connectivity index is 1.82. The van der Waals surface area contributed by atoms with Gasteiger partial charge < -0.3 is 5.32 Å². The van der Waals surface area contributed by atoms with Gasteiger partial charge in [0.25, 0.3) is 0 Å². The first kappa shape index (κ1) is 20.1. The summed E-state index contributed by atoms with van der Waals surface area (Å²) in [5.74, 6) is -0.154. The van der Waals surface area contributed by atoms with Gasteiger partial charge in [-0.2, -0.15) is 0 Å². The lowest BCUT2D eigenvalue weighted by molar-refractivity contribution is -0.121. The van der Waals surface area contributed by atoms with E-state index in [4.69, 9.17) is 0 Å². The van der Waals surface area contributed by atoms with E-state index in [0.29, 0.717) is 19.5 Å². The third-order valence-electron chi connectivity index (χ3n) is 4.16. The van der Waals surface area contributed by atoms with Crippen LogP contribution >= 0.6 is 0 Å². The zero-order valence-corrected chi connectivity index (χ0v) is 16.1. The summed E-state index contributed by atoms with van der Waals surface area (Å²) in [4.78, 5) is 12.1. The van der Waals surface area contributed by atoms with Crippen LogP contribution in [0, 0.1) is 6.92 Å². The van der Waals surface area contributed by atoms with Gasteiger partial charge >= 0.3 is 0 Å². The van der Waals surface area contributed by atoms with Crippen LogP contribution in [0.1, 0.15) is 23.1 Å². The summed E-state index contributed by atoms with van der Waals surface area (Å²) in [6.07, 6.45) is 1.95. The van der Waals surface area contributed by atoms with E-state index in [9.17, 15) is 13.2 Å². The van der Waals surface area contributed by atoms with Gasteiger partial charge in [-0.15, -0.1) is 0 Å². The molecule has 5 nitrogen and oxygen atoms in total. The van der Waals surface area contributed by atoms with E-state index in [-0.39, 0.29) is 18.9 Å². The average Bonchev–Trinajstić information content (AvgIpc) is 2.61. The second kappa shape index (κ2) is 9.50. The molecule has 26 heavy (non-hydrogen) atoms. The predicted molar refractivity (Wildman–Crippen MR) is 104 cm³/mol. The average molecular weight is 375 g/mol. The standard InChI is InChI=1S/C20H26N2O3S/c1-17-8-10-19(11-9-17)16-21-20(23)13-15-22(26(2,24)25)14-12-18-6-4-3-5-7-18/h3-11H,12-16H2,1-2H3,(H,21,23). The van der Waals surface area contributed by atoms with Gasteiger partial charge in [0.1, 0.15) is 0 Å². The third-order valence-corrected chi connectivity index (χ3v) is 5.46. The van der Waals surface area contributed by atoms with Crippen LogP contribution in [0.25, 0.3) is 0 Å². The van der Waals surface area contributed by atoms with Gasteiger partial charge in [-0.25, -0.2) is 12.7 Å². The lowest BCUT2D eigenvalue weighted by atomic mass is 10.1. The molecule has 0 aromatic heterocycles. The Kier molecular flexibility index (Phi) is 7.36. The van der Waals surface area contributed by atoms with Gasteiger partial charge in [-0.3, -0.25) is 4.79 Å². The minimum absolute atomic E-state index is 0.147. The lowest BCUT2D eigenvalue weighted by Crippen LogP contribution is -2.35. The second-order valence-electron chi connectivity index (χ2n) is 6.41. The fourth-order valence-corrected chi connectivity index (χ4v) is 3.41. The van der Waals surface area contributed by atoms with Crippen LogP contribution in [0.4, 0.5) is 0 Å². The van der Waals surface area contributed by atoms with Gasteiger partial charge in [0.05, 0.1) is 6.26 Å². The predicted octanol–water partition coefficient (Wildman–Crippen LogP) is 2.51. The molecule has 0 radical (unpaired) electrons. The highest BCUT2D eigenvalue weighted by molar-refractivity contribution is 7.88. The zero-order valence-electron chi connectivity index (χ0n) is 15.3. The number of carbonyl (C=O) groups is 1. The molecule has 140 valence electrons. The van der Waals surface area contributed by atoms with Crippen LogP contribution in [-0.4, -0.2) is 38.0 Å². The molecule has 0 bridgehead atoms. The molecular weight excluding hydrogens is 348 g/mol. The molecule has 0 saturated heterocycles. The number of amides is 1. The van der Waals surface area contributed by atoms with E-state index in [1.165, 1.54) is 16.1 Å². The fourth-order valence-electron chi connectivity index (χ4n) is 2.56. The zero-order chi connectivity index (χ0) is 19.0. The van der Waals surface area contributed by atoms with E-state index in [0.717, 1.165) is 11.1 Å². The normalized spacial score (nSPS) is 11.5. The molecule has 0 unspecified atom stereocenters. The van der Waals surface area contributed by atoms with E-state index >= 15 is 0 Å². The van der Waals surface area contributed by atoms with Crippen LogP contribution in [0.2, 0.25) is 0 Å². The Bertz CT molecular complexity index is 803. The molecular formula is C20H26N2O3S. The summed E-state index contributed by atoms with van der Waals surface area (Å²) in [6, 6.07) is 17.7. The number of hydrogen-bond acceptors (Lipinski definition) is 3. The molecule has 0 spiro atoms. The fraction of sp³-hybridized carbons (Fsp3) is 0.350. The first-order valence-electron chi connectivity index (χ1n) is 8.66. The SMILES string of the molecule is Cc1ccc(CNC(=O)CCN(CCc2ccccc2)S(C)(=O)=O)cc1. The Morgan fingerprint density at radius 3 is 2.23 bits per heavy atom. The smallest absolute Gasteiger partial charge is 0.221 e. The first-order chi connectivity index (χ1) is 12.3. The lowest BCUT2D eigenvalue weighted by Gasteiger charge is -2.19. The maximum absolute atomic E-state index is 12.1. The van der Waals surface area contributed by atoms with E-state index in [1.54, 1.807) is 0 Å². The largest absolute Gasteiger partial charge is 0.352 e. The summed E-state index contributed by atoms with van der Waals surface area (Å²) in [7, 11) is -3.35. The van der Waals surface area contributed by atoms with Crippen molar-refractivity contribution in [1.29, 1.82) is 0 Å². The van der Waals surface area contributed by atoms with Gasteiger partial charge in [0, 0.05) is 26.1 Å². The number of sulfonamides is 1. The van der Waals surface area contributed by atoms with Crippen LogP contribution in [-0.2, 0) is 27.8 Å². The molecule has 0 saturated carbocycles. The van der Waals surface area contributed by atoms with E-state index in [2.05, 4.69) is 5.32 Å². The number of nitrogens with zero attached hydrogens (tertiary/aromatic N) is 1. The first-order valence-corrected chi connectivity index (χ1v) is 10.5. The number of aryl methyl sites for hydroxylation is 1. The molecule has 2 aromatic carbocycles. The molecule has 0 atom stereocenters. The summed E-state index contributed by atoms with van der Waals surface area (Å²) >= 11 is 0. The van der Waals surface area contributed by atoms with Gasteiger partial charge in [0.2, 0.25) is 15.9 Å². The minimum Gasteiger partial charge on any atom is -0.352 e. The highest BCUT2D eigenvalue weighted by Gasteiger charge is 2.17. The van der Waals surface area contributed by atoms with Crippen molar-refractivity contribution in [3.8, 4) is 0 Å². The van der Waals surface area contributed by atoms with Crippen molar-refractivity contribution in [3.63, 3.8) is 0 Å². The van der Waals surface area contributed by atoms with Crippen molar-refractivity contribution < 1.29 is 13.2 Å². The Morgan fingerprint density at radius 2 is 1.62 bits per heavy atom. The molecule has 6 heteroatoms. The molecule has 0 aliphatic carbocycles. The Hall–Kier alpha value is -2.18. The molecule has 0 aliphatic heterocycles.